The lowest BCUT2D eigenvalue weighted by Gasteiger charge is -2.41. The fourth-order valence-electron chi connectivity index (χ4n) is 2.08. The van der Waals surface area contributed by atoms with Gasteiger partial charge in [0.2, 0.25) is 5.91 Å². The average Bonchev–Trinajstić information content (AvgIpc) is 2.47. The van der Waals surface area contributed by atoms with Crippen LogP contribution in [0.5, 0.6) is 0 Å². The molecule has 0 aromatic rings. The molecule has 2 rings (SSSR count). The van der Waals surface area contributed by atoms with Gasteiger partial charge in [-0.25, -0.2) is 4.79 Å². The first kappa shape index (κ1) is 12.8. The van der Waals surface area contributed by atoms with Crippen molar-refractivity contribution in [3.05, 3.63) is 0 Å². The first-order valence-corrected chi connectivity index (χ1v) is 7.43. The number of nitrogens with zero attached hydrogens (tertiary/aromatic N) is 1. The van der Waals surface area contributed by atoms with Crippen LogP contribution >= 0.6 is 46.0 Å². The Morgan fingerprint density at radius 3 is 2.88 bits per heavy atom. The molecule has 0 unspecified atom stereocenters. The number of ether oxygens (including phenoxy) is 1. The van der Waals surface area contributed by atoms with Crippen molar-refractivity contribution in [2.45, 2.75) is 33.9 Å². The van der Waals surface area contributed by atoms with Gasteiger partial charge in [-0.2, -0.15) is 0 Å². The number of hydrogen-bond acceptors (Lipinski definition) is 4. The zero-order chi connectivity index (χ0) is 12.1. The first-order chi connectivity index (χ1) is 7.40. The molecular formula is C9H11ClINO3S. The van der Waals surface area contributed by atoms with Gasteiger partial charge in [-0.15, -0.1) is 11.8 Å². The normalized spacial score (nSPS) is 35.6. The largest absolute Gasteiger partial charge is 0.448 e. The Labute approximate surface area is 117 Å². The van der Waals surface area contributed by atoms with E-state index in [-0.39, 0.29) is 26.0 Å². The van der Waals surface area contributed by atoms with Gasteiger partial charge in [-0.3, -0.25) is 4.79 Å². The monoisotopic (exact) mass is 375 g/mol. The van der Waals surface area contributed by atoms with Crippen molar-refractivity contribution in [1.29, 1.82) is 0 Å². The molecule has 0 aromatic heterocycles. The second-order valence-electron chi connectivity index (χ2n) is 4.23. The highest BCUT2D eigenvalue weighted by atomic mass is 127. The summed E-state index contributed by atoms with van der Waals surface area (Å²) in [5.74, 6) is -0.396. The predicted octanol–water partition coefficient (Wildman–Crippen LogP) is 1.59. The van der Waals surface area contributed by atoms with E-state index >= 15 is 0 Å². The Balaban J connectivity index is 2.22. The molecule has 4 nitrogen and oxygen atoms in total. The van der Waals surface area contributed by atoms with E-state index in [1.165, 1.54) is 0 Å². The third-order valence-corrected chi connectivity index (χ3v) is 6.18. The number of thioether (sulfide) groups is 1. The van der Waals surface area contributed by atoms with Crippen molar-refractivity contribution in [2.75, 3.05) is 6.07 Å². The number of β-lactam (4-membered cyclic amide) rings is 1. The van der Waals surface area contributed by atoms with Crippen LogP contribution in [0.25, 0.3) is 0 Å². The Bertz CT molecular complexity index is 352. The molecule has 0 N–H and O–H groups in total. The van der Waals surface area contributed by atoms with Gasteiger partial charge in [0.1, 0.15) is 15.3 Å². The lowest BCUT2D eigenvalue weighted by atomic mass is 9.98. The SMILES string of the molecule is CC1(C)S[C@@H]2[C@@H](I)C(=O)N2[C@H]1C(=O)OCCl. The summed E-state index contributed by atoms with van der Waals surface area (Å²) in [5, 5.41) is 0.0935. The number of carbonyl (C=O) groups is 2. The van der Waals surface area contributed by atoms with Crippen LogP contribution in [0.3, 0.4) is 0 Å². The predicted molar refractivity (Wildman–Crippen MR) is 70.7 cm³/mol. The fourth-order valence-corrected chi connectivity index (χ4v) is 4.83. The molecule has 0 radical (unpaired) electrons. The quantitative estimate of drug-likeness (QED) is 0.318. The second-order valence-corrected chi connectivity index (χ2v) is 7.57. The number of hydrogen-bond donors (Lipinski definition) is 0. The summed E-state index contributed by atoms with van der Waals surface area (Å²) < 4.78 is 4.47. The first-order valence-electron chi connectivity index (χ1n) is 4.77. The van der Waals surface area contributed by atoms with E-state index in [0.717, 1.165) is 0 Å². The summed E-state index contributed by atoms with van der Waals surface area (Å²) in [6.45, 7) is 3.90. The smallest absolute Gasteiger partial charge is 0.331 e. The van der Waals surface area contributed by atoms with Crippen molar-refractivity contribution in [2.24, 2.45) is 0 Å². The van der Waals surface area contributed by atoms with E-state index in [9.17, 15) is 9.59 Å². The Kier molecular flexibility index (Phi) is 3.35. The van der Waals surface area contributed by atoms with E-state index in [4.69, 9.17) is 16.3 Å². The average molecular weight is 376 g/mol. The van der Waals surface area contributed by atoms with Crippen LogP contribution < -0.4 is 0 Å². The molecule has 0 aromatic carbocycles. The third kappa shape index (κ3) is 1.73. The summed E-state index contributed by atoms with van der Waals surface area (Å²) in [7, 11) is 0. The lowest BCUT2D eigenvalue weighted by Crippen LogP contribution is -2.63. The Morgan fingerprint density at radius 2 is 2.31 bits per heavy atom. The number of rotatable bonds is 2. The van der Waals surface area contributed by atoms with Crippen LogP contribution in [0.15, 0.2) is 0 Å². The van der Waals surface area contributed by atoms with Crippen LogP contribution in [0.1, 0.15) is 13.8 Å². The minimum Gasteiger partial charge on any atom is -0.448 e. The van der Waals surface area contributed by atoms with Gasteiger partial charge < -0.3 is 9.64 Å². The highest BCUT2D eigenvalue weighted by molar-refractivity contribution is 14.1. The molecular weight excluding hydrogens is 365 g/mol. The number of alkyl halides is 2. The van der Waals surface area contributed by atoms with Crippen molar-refractivity contribution < 1.29 is 14.3 Å². The minimum absolute atomic E-state index is 0.0141. The van der Waals surface area contributed by atoms with E-state index in [1.54, 1.807) is 16.7 Å². The lowest BCUT2D eigenvalue weighted by molar-refractivity contribution is -0.158. The van der Waals surface area contributed by atoms with Crippen molar-refractivity contribution in [3.63, 3.8) is 0 Å². The molecule has 2 aliphatic heterocycles. The van der Waals surface area contributed by atoms with Crippen molar-refractivity contribution in [1.82, 2.24) is 4.90 Å². The van der Waals surface area contributed by atoms with Gasteiger partial charge in [0.05, 0.1) is 0 Å². The van der Waals surface area contributed by atoms with Crippen LogP contribution in [0.2, 0.25) is 0 Å². The van der Waals surface area contributed by atoms with Gasteiger partial charge in [0.15, 0.2) is 6.07 Å². The number of esters is 1. The standard InChI is InChI=1S/C9H11ClINO3S/c1-9(2)5(8(14)15-3-10)12-6(13)4(11)7(12)16-9/h4-5,7H,3H2,1-2H3/t4-,5-,7+/m0/s1. The van der Waals surface area contributed by atoms with Crippen LogP contribution in [-0.2, 0) is 14.3 Å². The summed E-state index contributed by atoms with van der Waals surface area (Å²) in [4.78, 5) is 25.1. The zero-order valence-electron chi connectivity index (χ0n) is 8.78. The van der Waals surface area contributed by atoms with Gasteiger partial charge >= 0.3 is 5.97 Å². The Morgan fingerprint density at radius 1 is 1.69 bits per heavy atom. The number of fused-ring (bicyclic) bond motifs is 1. The number of amides is 1. The van der Waals surface area contributed by atoms with Crippen LogP contribution in [0, 0.1) is 0 Å². The molecule has 2 fully saturated rings. The van der Waals surface area contributed by atoms with Crippen LogP contribution in [0.4, 0.5) is 0 Å². The molecule has 0 bridgehead atoms. The third-order valence-electron chi connectivity index (χ3n) is 2.80. The van der Waals surface area contributed by atoms with E-state index in [1.807, 2.05) is 13.8 Å². The van der Waals surface area contributed by atoms with Gasteiger partial charge in [-0.1, -0.05) is 34.2 Å². The number of carbonyl (C=O) groups excluding carboxylic acids is 2. The van der Waals surface area contributed by atoms with Gasteiger partial charge in [0.25, 0.3) is 0 Å². The summed E-state index contributed by atoms with van der Waals surface area (Å²) >= 11 is 9.14. The van der Waals surface area contributed by atoms with E-state index in [2.05, 4.69) is 22.6 Å². The summed E-state index contributed by atoms with van der Waals surface area (Å²) in [5.41, 5.74) is 0. The molecule has 0 saturated carbocycles. The topological polar surface area (TPSA) is 46.6 Å². The molecule has 3 atom stereocenters. The van der Waals surface area contributed by atoms with Crippen LogP contribution in [-0.4, -0.2) is 42.9 Å². The molecule has 2 heterocycles. The van der Waals surface area contributed by atoms with Crippen molar-refractivity contribution >= 4 is 57.8 Å². The maximum absolute atomic E-state index is 11.8. The van der Waals surface area contributed by atoms with E-state index < -0.39 is 12.0 Å². The molecule has 1 amide bonds. The molecule has 7 heteroatoms. The highest BCUT2D eigenvalue weighted by Crippen LogP contribution is 2.53. The molecule has 16 heavy (non-hydrogen) atoms. The second kappa shape index (κ2) is 4.20. The number of halogens is 2. The zero-order valence-corrected chi connectivity index (χ0v) is 12.5. The van der Waals surface area contributed by atoms with Gasteiger partial charge in [-0.05, 0) is 13.8 Å². The highest BCUT2D eigenvalue weighted by Gasteiger charge is 2.63. The van der Waals surface area contributed by atoms with Gasteiger partial charge in [0, 0.05) is 4.75 Å². The van der Waals surface area contributed by atoms with E-state index in [0.29, 0.717) is 0 Å². The molecule has 90 valence electrons. The maximum Gasteiger partial charge on any atom is 0.331 e. The fraction of sp³-hybridized carbons (Fsp3) is 0.778. The minimum atomic E-state index is -0.514. The summed E-state index contributed by atoms with van der Waals surface area (Å²) in [6, 6.07) is -0.684. The molecule has 0 spiro atoms. The Hall–Kier alpha value is 0.310. The van der Waals surface area contributed by atoms with Crippen molar-refractivity contribution in [3.8, 4) is 0 Å². The molecule has 0 aliphatic carbocycles. The summed E-state index contributed by atoms with van der Waals surface area (Å²) in [6.07, 6.45) is 0. The molecule has 2 aliphatic rings. The maximum atomic E-state index is 11.8. The molecule has 2 saturated heterocycles.